The molecule has 1 aliphatic heterocycles. The van der Waals surface area contributed by atoms with E-state index in [2.05, 4.69) is 0 Å². The molecule has 0 aliphatic carbocycles. The zero-order valence-electron chi connectivity index (χ0n) is 15.2. The fourth-order valence-corrected chi connectivity index (χ4v) is 3.00. The number of rotatable bonds is 4. The number of nitrogens with zero attached hydrogens (tertiary/aromatic N) is 2. The van der Waals surface area contributed by atoms with Gasteiger partial charge in [0.15, 0.2) is 0 Å². The van der Waals surface area contributed by atoms with E-state index < -0.39 is 35.8 Å². The molecule has 1 fully saturated rings. The smallest absolute Gasteiger partial charge is 0.433 e. The molecule has 2 aromatic carbocycles. The van der Waals surface area contributed by atoms with Crippen molar-refractivity contribution in [1.82, 2.24) is 0 Å². The maximum Gasteiger partial charge on any atom is 0.433 e. The number of hydrogen-bond acceptors (Lipinski definition) is 5. The first-order valence-corrected chi connectivity index (χ1v) is 8.57. The van der Waals surface area contributed by atoms with E-state index >= 15 is 0 Å². The van der Waals surface area contributed by atoms with E-state index in [1.54, 1.807) is 12.1 Å². The number of benzene rings is 2. The van der Waals surface area contributed by atoms with Crippen molar-refractivity contribution in [3.63, 3.8) is 0 Å². The van der Waals surface area contributed by atoms with E-state index in [0.717, 1.165) is 12.1 Å². The first kappa shape index (κ1) is 21.6. The normalized spacial score (nSPS) is 19.6. The van der Waals surface area contributed by atoms with E-state index in [4.69, 9.17) is 20.5 Å². The molecule has 2 atom stereocenters. The van der Waals surface area contributed by atoms with Crippen LogP contribution in [0, 0.1) is 11.3 Å². The van der Waals surface area contributed by atoms with Gasteiger partial charge in [0.2, 0.25) is 6.23 Å². The van der Waals surface area contributed by atoms with Gasteiger partial charge < -0.3 is 20.1 Å². The fraction of sp³-hybridized carbons (Fsp3) is 0.316. The van der Waals surface area contributed by atoms with Gasteiger partial charge in [-0.25, -0.2) is 0 Å². The Morgan fingerprint density at radius 2 is 1.77 bits per heavy atom. The molecule has 160 valence electrons. The van der Waals surface area contributed by atoms with Gasteiger partial charge >= 0.3 is 12.4 Å². The van der Waals surface area contributed by atoms with Crippen LogP contribution in [0.5, 0.6) is 5.75 Å². The van der Waals surface area contributed by atoms with Crippen molar-refractivity contribution in [3.8, 4) is 11.8 Å². The third-order valence-electron chi connectivity index (χ3n) is 4.36. The van der Waals surface area contributed by atoms with Crippen LogP contribution in [0.25, 0.3) is 0 Å². The highest BCUT2D eigenvalue weighted by Crippen LogP contribution is 2.39. The van der Waals surface area contributed by atoms with Gasteiger partial charge in [-0.05, 0) is 42.5 Å². The van der Waals surface area contributed by atoms with Gasteiger partial charge in [0.25, 0.3) is 0 Å². The monoisotopic (exact) mass is 431 g/mol. The summed E-state index contributed by atoms with van der Waals surface area (Å²) in [4.78, 5) is 0.674. The van der Waals surface area contributed by atoms with Gasteiger partial charge in [0, 0.05) is 11.4 Å². The van der Waals surface area contributed by atoms with Crippen molar-refractivity contribution in [3.05, 3.63) is 53.6 Å². The summed E-state index contributed by atoms with van der Waals surface area (Å²) in [6.45, 7) is -0.613. The maximum absolute atomic E-state index is 13.5. The Morgan fingerprint density at radius 3 is 2.33 bits per heavy atom. The molecule has 0 amide bonds. The molecule has 2 aromatic rings. The Balaban J connectivity index is 1.84. The Bertz CT molecular complexity index is 937. The lowest BCUT2D eigenvalue weighted by Gasteiger charge is -2.27. The predicted octanol–water partition coefficient (Wildman–Crippen LogP) is 4.33. The minimum Gasteiger partial charge on any atom is -0.491 e. The SMILES string of the molecule is N#Cc1ccc(N2CC(COc3ccc(N)cc3)OC2C(F)(F)F)cc1C(F)(F)F. The second-order valence-corrected chi connectivity index (χ2v) is 6.52. The summed E-state index contributed by atoms with van der Waals surface area (Å²) in [7, 11) is 0. The topological polar surface area (TPSA) is 71.5 Å². The average molecular weight is 431 g/mol. The summed E-state index contributed by atoms with van der Waals surface area (Å²) in [5, 5.41) is 8.86. The van der Waals surface area contributed by atoms with E-state index in [1.807, 2.05) is 0 Å². The van der Waals surface area contributed by atoms with Crippen LogP contribution < -0.4 is 15.4 Å². The number of nitrogen functional groups attached to an aromatic ring is 1. The van der Waals surface area contributed by atoms with Crippen molar-refractivity contribution in [2.24, 2.45) is 0 Å². The van der Waals surface area contributed by atoms with Crippen LogP contribution in [-0.4, -0.2) is 31.7 Å². The molecule has 0 bridgehead atoms. The van der Waals surface area contributed by atoms with Crippen molar-refractivity contribution in [2.75, 3.05) is 23.8 Å². The molecule has 11 heteroatoms. The lowest BCUT2D eigenvalue weighted by Crippen LogP contribution is -2.42. The maximum atomic E-state index is 13.5. The minimum atomic E-state index is -4.90. The zero-order chi connectivity index (χ0) is 22.1. The molecule has 2 unspecified atom stereocenters. The molecule has 1 saturated heterocycles. The Hall–Kier alpha value is -3.13. The van der Waals surface area contributed by atoms with Gasteiger partial charge in [0.1, 0.15) is 18.5 Å². The van der Waals surface area contributed by atoms with Gasteiger partial charge in [-0.1, -0.05) is 0 Å². The number of hydrogen-bond donors (Lipinski definition) is 1. The number of ether oxygens (including phenoxy) is 2. The third-order valence-corrected chi connectivity index (χ3v) is 4.36. The first-order chi connectivity index (χ1) is 14.0. The number of halogens is 6. The number of nitrogens with two attached hydrogens (primary N) is 1. The molecule has 3 rings (SSSR count). The standard InChI is InChI=1S/C19H15F6N3O2/c20-18(21,22)16-7-13(4-1-11(16)8-26)28-9-15(30-17(28)19(23,24)25)10-29-14-5-2-12(27)3-6-14/h1-7,15,17H,9-10,27H2. The molecular formula is C19H15F6N3O2. The predicted molar refractivity (Wildman–Crippen MR) is 94.6 cm³/mol. The van der Waals surface area contributed by atoms with Crippen molar-refractivity contribution in [1.29, 1.82) is 5.26 Å². The Kier molecular flexibility index (Phi) is 5.72. The molecule has 1 heterocycles. The van der Waals surface area contributed by atoms with Crippen molar-refractivity contribution < 1.29 is 35.8 Å². The van der Waals surface area contributed by atoms with Crippen LogP contribution in [0.2, 0.25) is 0 Å². The molecule has 0 saturated carbocycles. The van der Waals surface area contributed by atoms with E-state index in [0.29, 0.717) is 22.4 Å². The van der Waals surface area contributed by atoms with Crippen LogP contribution in [0.3, 0.4) is 0 Å². The van der Waals surface area contributed by atoms with Gasteiger partial charge in [-0.2, -0.15) is 31.6 Å². The number of alkyl halides is 6. The molecule has 5 nitrogen and oxygen atoms in total. The molecule has 1 aliphatic rings. The average Bonchev–Trinajstić information content (AvgIpc) is 3.11. The van der Waals surface area contributed by atoms with Crippen molar-refractivity contribution in [2.45, 2.75) is 24.7 Å². The molecule has 0 spiro atoms. The summed E-state index contributed by atoms with van der Waals surface area (Å²) in [5.41, 5.74) is 3.66. The number of anilines is 2. The second kappa shape index (κ2) is 7.95. The van der Waals surface area contributed by atoms with Crippen LogP contribution in [0.4, 0.5) is 37.7 Å². The molecule has 30 heavy (non-hydrogen) atoms. The van der Waals surface area contributed by atoms with Crippen molar-refractivity contribution >= 4 is 11.4 Å². The zero-order valence-corrected chi connectivity index (χ0v) is 15.2. The third kappa shape index (κ3) is 4.71. The number of nitriles is 1. The van der Waals surface area contributed by atoms with Crippen LogP contribution >= 0.6 is 0 Å². The van der Waals surface area contributed by atoms with E-state index in [-0.39, 0.29) is 18.8 Å². The highest BCUT2D eigenvalue weighted by molar-refractivity contribution is 5.56. The molecule has 2 N–H and O–H groups in total. The van der Waals surface area contributed by atoms with Crippen LogP contribution in [0.15, 0.2) is 42.5 Å². The summed E-state index contributed by atoms with van der Waals surface area (Å²) in [5.74, 6) is 0.354. The van der Waals surface area contributed by atoms with E-state index in [9.17, 15) is 26.3 Å². The first-order valence-electron chi connectivity index (χ1n) is 8.57. The van der Waals surface area contributed by atoms with Gasteiger partial charge in [-0.3, -0.25) is 0 Å². The largest absolute Gasteiger partial charge is 0.491 e. The minimum absolute atomic E-state index is 0.255. The Labute approximate surface area is 167 Å². The molecular weight excluding hydrogens is 416 g/mol. The highest BCUT2D eigenvalue weighted by atomic mass is 19.4. The van der Waals surface area contributed by atoms with E-state index in [1.165, 1.54) is 18.2 Å². The highest BCUT2D eigenvalue weighted by Gasteiger charge is 2.51. The summed E-state index contributed by atoms with van der Waals surface area (Å²) >= 11 is 0. The summed E-state index contributed by atoms with van der Waals surface area (Å²) in [6, 6.07) is 9.92. The lowest BCUT2D eigenvalue weighted by atomic mass is 10.1. The Morgan fingerprint density at radius 1 is 1.10 bits per heavy atom. The van der Waals surface area contributed by atoms with Gasteiger partial charge in [0.05, 0.1) is 23.7 Å². The molecule has 0 aromatic heterocycles. The fourth-order valence-electron chi connectivity index (χ4n) is 3.00. The van der Waals surface area contributed by atoms with Crippen LogP contribution in [-0.2, 0) is 10.9 Å². The quantitative estimate of drug-likeness (QED) is 0.576. The lowest BCUT2D eigenvalue weighted by molar-refractivity contribution is -0.215. The summed E-state index contributed by atoms with van der Waals surface area (Å²) in [6.07, 6.45) is -13.3. The van der Waals surface area contributed by atoms with Crippen LogP contribution in [0.1, 0.15) is 11.1 Å². The molecule has 0 radical (unpaired) electrons. The second-order valence-electron chi connectivity index (χ2n) is 6.52. The summed E-state index contributed by atoms with van der Waals surface area (Å²) < 4.78 is 90.4. The van der Waals surface area contributed by atoms with Gasteiger partial charge in [-0.15, -0.1) is 0 Å².